The van der Waals surface area contributed by atoms with Gasteiger partial charge >= 0.3 is 5.97 Å². The largest absolute Gasteiger partial charge is 0.507 e. The van der Waals surface area contributed by atoms with Crippen LogP contribution in [0.1, 0.15) is 40.0 Å². The first-order chi connectivity index (χ1) is 17.3. The van der Waals surface area contributed by atoms with Crippen LogP contribution in [-0.2, 0) is 14.3 Å². The fourth-order valence-electron chi connectivity index (χ4n) is 4.25. The number of Topliss-reactive ketones (excluding diaryl/α,β-unsaturated/α-hetero) is 1. The first kappa shape index (κ1) is 25.0. The van der Waals surface area contributed by atoms with E-state index in [9.17, 15) is 19.5 Å². The van der Waals surface area contributed by atoms with Gasteiger partial charge in [0.25, 0.3) is 11.7 Å². The summed E-state index contributed by atoms with van der Waals surface area (Å²) in [7, 11) is 1.44. The maximum atomic E-state index is 13.4. The van der Waals surface area contributed by atoms with Gasteiger partial charge in [0, 0.05) is 11.3 Å². The number of aliphatic hydroxyl groups excluding tert-OH is 1. The minimum atomic E-state index is -0.940. The fraction of sp³-hybridized carbons (Fsp3) is 0.179. The third-order valence-electron chi connectivity index (χ3n) is 5.99. The molecule has 4 rings (SSSR count). The van der Waals surface area contributed by atoms with Crippen molar-refractivity contribution < 1.29 is 29.0 Å². The normalized spacial score (nSPS) is 16.8. The zero-order chi connectivity index (χ0) is 26.0. The number of hydrogen-bond acceptors (Lipinski definition) is 6. The molecule has 1 unspecified atom stereocenters. The van der Waals surface area contributed by atoms with Crippen molar-refractivity contribution in [2.75, 3.05) is 18.6 Å². The molecule has 3 aromatic rings. The third-order valence-corrected chi connectivity index (χ3v) is 6.30. The molecule has 1 aliphatic heterocycles. The Labute approximate surface area is 213 Å². The summed E-state index contributed by atoms with van der Waals surface area (Å²) in [5.74, 6) is -2.27. The lowest BCUT2D eigenvalue weighted by Gasteiger charge is -2.27. The zero-order valence-corrected chi connectivity index (χ0v) is 20.7. The molecule has 0 aromatic heterocycles. The number of esters is 1. The molecule has 1 atom stereocenters. The van der Waals surface area contributed by atoms with Gasteiger partial charge in [0.1, 0.15) is 11.5 Å². The number of hydrogen-bond donors (Lipinski definition) is 1. The maximum Gasteiger partial charge on any atom is 0.338 e. The Hall–Kier alpha value is -4.10. The number of carbonyl (C=O) groups is 3. The van der Waals surface area contributed by atoms with E-state index in [0.29, 0.717) is 22.0 Å². The molecule has 1 N–H and O–H groups in total. The predicted octanol–water partition coefficient (Wildman–Crippen LogP) is 5.46. The molecule has 1 saturated heterocycles. The number of nitrogens with zero attached hydrogens (tertiary/aromatic N) is 1. The van der Waals surface area contributed by atoms with E-state index in [4.69, 9.17) is 21.1 Å². The van der Waals surface area contributed by atoms with Crippen molar-refractivity contribution in [3.63, 3.8) is 0 Å². The molecule has 36 heavy (non-hydrogen) atoms. The van der Waals surface area contributed by atoms with E-state index in [2.05, 4.69) is 0 Å². The highest BCUT2D eigenvalue weighted by Gasteiger charge is 2.47. The summed E-state index contributed by atoms with van der Waals surface area (Å²) < 4.78 is 10.3. The molecule has 0 spiro atoms. The lowest BCUT2D eigenvalue weighted by molar-refractivity contribution is -0.132. The first-order valence-corrected chi connectivity index (χ1v) is 11.6. The number of aryl methyl sites for hydroxylation is 1. The van der Waals surface area contributed by atoms with Crippen LogP contribution in [0.15, 0.2) is 72.3 Å². The van der Waals surface area contributed by atoms with Crippen LogP contribution in [0.5, 0.6) is 5.75 Å². The first-order valence-electron chi connectivity index (χ1n) is 11.3. The molecule has 3 aromatic carbocycles. The van der Waals surface area contributed by atoms with Gasteiger partial charge in [0.2, 0.25) is 0 Å². The van der Waals surface area contributed by atoms with Gasteiger partial charge in [0.05, 0.1) is 35.9 Å². The topological polar surface area (TPSA) is 93.1 Å². The second kappa shape index (κ2) is 10.3. The molecule has 0 radical (unpaired) electrons. The molecule has 8 heteroatoms. The highest BCUT2D eigenvalue weighted by molar-refractivity contribution is 6.51. The number of amides is 1. The Bertz CT molecular complexity index is 1400. The van der Waals surface area contributed by atoms with Crippen LogP contribution in [0.3, 0.4) is 0 Å². The lowest BCUT2D eigenvalue weighted by atomic mass is 9.92. The SMILES string of the molecule is CCOC(=O)c1cccc(N2C(=O)C(=O)/C(=C(/O)c3ccc(Cl)c(OC)c3)C2c2ccccc2C)c1. The Balaban J connectivity index is 1.94. The number of ether oxygens (including phenoxy) is 2. The van der Waals surface area contributed by atoms with Gasteiger partial charge in [-0.2, -0.15) is 0 Å². The summed E-state index contributed by atoms with van der Waals surface area (Å²) in [6, 6.07) is 17.2. The summed E-state index contributed by atoms with van der Waals surface area (Å²) in [5.41, 5.74) is 2.22. The van der Waals surface area contributed by atoms with Crippen LogP contribution in [0, 0.1) is 6.92 Å². The number of ketones is 1. The predicted molar refractivity (Wildman–Crippen MR) is 136 cm³/mol. The Morgan fingerprint density at radius 2 is 1.78 bits per heavy atom. The minimum absolute atomic E-state index is 0.0831. The molecular weight excluding hydrogens is 482 g/mol. The van der Waals surface area contributed by atoms with Crippen LogP contribution < -0.4 is 9.64 Å². The van der Waals surface area contributed by atoms with E-state index in [0.717, 1.165) is 5.56 Å². The average molecular weight is 506 g/mol. The smallest absolute Gasteiger partial charge is 0.338 e. The van der Waals surface area contributed by atoms with Crippen molar-refractivity contribution in [1.82, 2.24) is 0 Å². The summed E-state index contributed by atoms with van der Waals surface area (Å²) in [6.07, 6.45) is 0. The van der Waals surface area contributed by atoms with Crippen molar-refractivity contribution in [3.8, 4) is 5.75 Å². The number of aliphatic hydroxyl groups is 1. The number of carbonyl (C=O) groups excluding carboxylic acids is 3. The molecule has 1 amide bonds. The summed E-state index contributed by atoms with van der Waals surface area (Å²) in [6.45, 7) is 3.75. The monoisotopic (exact) mass is 505 g/mol. The van der Waals surface area contributed by atoms with E-state index < -0.39 is 23.7 Å². The molecule has 1 heterocycles. The van der Waals surface area contributed by atoms with Gasteiger partial charge in [-0.15, -0.1) is 0 Å². The molecule has 7 nitrogen and oxygen atoms in total. The van der Waals surface area contributed by atoms with Gasteiger partial charge in [-0.25, -0.2) is 4.79 Å². The van der Waals surface area contributed by atoms with Crippen LogP contribution in [0.25, 0.3) is 5.76 Å². The second-order valence-electron chi connectivity index (χ2n) is 8.15. The van der Waals surface area contributed by atoms with Gasteiger partial charge < -0.3 is 14.6 Å². The Morgan fingerprint density at radius 3 is 2.47 bits per heavy atom. The van der Waals surface area contributed by atoms with Gasteiger partial charge in [-0.3, -0.25) is 14.5 Å². The molecular formula is C28H24ClNO6. The molecule has 1 aliphatic rings. The molecule has 184 valence electrons. The number of rotatable bonds is 6. The molecule has 0 bridgehead atoms. The number of halogens is 1. The lowest BCUT2D eigenvalue weighted by Crippen LogP contribution is -2.30. The second-order valence-corrected chi connectivity index (χ2v) is 8.55. The van der Waals surface area contributed by atoms with Crippen molar-refractivity contribution in [2.24, 2.45) is 0 Å². The van der Waals surface area contributed by atoms with Crippen molar-refractivity contribution >= 4 is 40.7 Å². The van der Waals surface area contributed by atoms with E-state index in [1.54, 1.807) is 43.3 Å². The van der Waals surface area contributed by atoms with Crippen molar-refractivity contribution in [2.45, 2.75) is 19.9 Å². The van der Waals surface area contributed by atoms with Crippen LogP contribution in [0.2, 0.25) is 5.02 Å². The number of benzene rings is 3. The number of anilines is 1. The number of methoxy groups -OCH3 is 1. The van der Waals surface area contributed by atoms with E-state index >= 15 is 0 Å². The van der Waals surface area contributed by atoms with Gasteiger partial charge in [0.15, 0.2) is 0 Å². The van der Waals surface area contributed by atoms with Crippen molar-refractivity contribution in [1.29, 1.82) is 0 Å². The fourth-order valence-corrected chi connectivity index (χ4v) is 4.44. The van der Waals surface area contributed by atoms with Crippen LogP contribution >= 0.6 is 11.6 Å². The van der Waals surface area contributed by atoms with Crippen LogP contribution in [-0.4, -0.2) is 36.5 Å². The highest BCUT2D eigenvalue weighted by atomic mass is 35.5. The molecule has 0 aliphatic carbocycles. The van der Waals surface area contributed by atoms with Crippen LogP contribution in [0.4, 0.5) is 5.69 Å². The summed E-state index contributed by atoms with van der Waals surface area (Å²) >= 11 is 6.13. The quantitative estimate of drug-likeness (QED) is 0.207. The highest BCUT2D eigenvalue weighted by Crippen LogP contribution is 2.43. The van der Waals surface area contributed by atoms with E-state index in [1.165, 1.54) is 30.2 Å². The third kappa shape index (κ3) is 4.45. The standard InChI is InChI=1S/C28H24ClNO6/c1-4-36-28(34)18-9-7-10-19(14-18)30-24(20-11-6-5-8-16(20)2)23(26(32)27(30)33)25(31)17-12-13-21(29)22(15-17)35-3/h5-15,24,31H,4H2,1-3H3/b25-23+. The minimum Gasteiger partial charge on any atom is -0.507 e. The van der Waals surface area contributed by atoms with Gasteiger partial charge in [-0.05, 0) is 61.4 Å². The van der Waals surface area contributed by atoms with Crippen molar-refractivity contribution in [3.05, 3.63) is 99.6 Å². The van der Waals surface area contributed by atoms with Gasteiger partial charge in [-0.1, -0.05) is 41.9 Å². The summed E-state index contributed by atoms with van der Waals surface area (Å²) in [5, 5.41) is 11.7. The van der Waals surface area contributed by atoms with E-state index in [-0.39, 0.29) is 29.1 Å². The maximum absolute atomic E-state index is 13.4. The molecule has 1 fully saturated rings. The molecule has 0 saturated carbocycles. The van der Waals surface area contributed by atoms with E-state index in [1.807, 2.05) is 19.1 Å². The Kier molecular flexibility index (Phi) is 7.12. The zero-order valence-electron chi connectivity index (χ0n) is 19.9. The Morgan fingerprint density at radius 1 is 1.03 bits per heavy atom. The summed E-state index contributed by atoms with van der Waals surface area (Å²) in [4.78, 5) is 40.4. The average Bonchev–Trinajstić information content (AvgIpc) is 3.14.